The Balaban J connectivity index is 1.93. The Labute approximate surface area is 122 Å². The van der Waals surface area contributed by atoms with E-state index in [9.17, 15) is 0 Å². The van der Waals surface area contributed by atoms with Crippen molar-refractivity contribution in [3.63, 3.8) is 0 Å². The topological polar surface area (TPSA) is 49.2 Å². The zero-order valence-electron chi connectivity index (χ0n) is 11.0. The highest BCUT2D eigenvalue weighted by Crippen LogP contribution is 2.24. The van der Waals surface area contributed by atoms with E-state index in [2.05, 4.69) is 21.9 Å². The smallest absolute Gasteiger partial charge is 0.145 e. The molecule has 0 radical (unpaired) electrons. The average Bonchev–Trinajstić information content (AvgIpc) is 2.83. The lowest BCUT2D eigenvalue weighted by Crippen LogP contribution is -2.20. The van der Waals surface area contributed by atoms with Gasteiger partial charge in [-0.15, -0.1) is 11.3 Å². The van der Waals surface area contributed by atoms with Crippen molar-refractivity contribution in [3.05, 3.63) is 22.4 Å². The Bertz CT molecular complexity index is 532. The van der Waals surface area contributed by atoms with Gasteiger partial charge < -0.3 is 5.11 Å². The highest BCUT2D eigenvalue weighted by Gasteiger charge is 2.09. The number of fused-ring (bicyclic) bond motifs is 1. The van der Waals surface area contributed by atoms with Gasteiger partial charge in [0.2, 0.25) is 0 Å². The lowest BCUT2D eigenvalue weighted by Gasteiger charge is -2.15. The number of unbranched alkanes of at least 4 members (excludes halogenated alkanes) is 2. The van der Waals surface area contributed by atoms with Crippen molar-refractivity contribution in [2.75, 3.05) is 20.2 Å². The summed E-state index contributed by atoms with van der Waals surface area (Å²) in [5.41, 5.74) is 0. The number of halogens is 1. The first-order valence-corrected chi connectivity index (χ1v) is 7.65. The Kier molecular flexibility index (Phi) is 5.51. The SMILES string of the molecule is CN(CCCCCO)Cc1nc(Cl)c2ccsc2n1. The molecule has 0 bridgehead atoms. The number of nitrogens with zero attached hydrogens (tertiary/aromatic N) is 3. The lowest BCUT2D eigenvalue weighted by molar-refractivity contribution is 0.269. The van der Waals surface area contributed by atoms with Crippen molar-refractivity contribution < 1.29 is 5.11 Å². The van der Waals surface area contributed by atoms with E-state index in [1.165, 1.54) is 0 Å². The van der Waals surface area contributed by atoms with Crippen molar-refractivity contribution in [3.8, 4) is 0 Å². The standard InChI is InChI=1S/C13H18ClN3OS/c1-17(6-3-2-4-7-18)9-11-15-12(14)10-5-8-19-13(10)16-11/h5,8,18H,2-4,6-7,9H2,1H3. The first-order valence-electron chi connectivity index (χ1n) is 6.39. The summed E-state index contributed by atoms with van der Waals surface area (Å²) in [7, 11) is 2.05. The number of thiophene rings is 1. The van der Waals surface area contributed by atoms with Crippen LogP contribution in [-0.4, -0.2) is 40.2 Å². The molecule has 19 heavy (non-hydrogen) atoms. The summed E-state index contributed by atoms with van der Waals surface area (Å²) in [6.07, 6.45) is 3.00. The molecule has 0 fully saturated rings. The van der Waals surface area contributed by atoms with Crippen LogP contribution in [0.4, 0.5) is 0 Å². The van der Waals surface area contributed by atoms with Gasteiger partial charge in [0.05, 0.1) is 6.54 Å². The highest BCUT2D eigenvalue weighted by atomic mass is 35.5. The van der Waals surface area contributed by atoms with Gasteiger partial charge in [-0.3, -0.25) is 4.90 Å². The van der Waals surface area contributed by atoms with Crippen LogP contribution in [0.5, 0.6) is 0 Å². The molecule has 0 spiro atoms. The summed E-state index contributed by atoms with van der Waals surface area (Å²) in [5, 5.41) is 12.2. The fourth-order valence-corrected chi connectivity index (χ4v) is 3.01. The van der Waals surface area contributed by atoms with Crippen LogP contribution in [0, 0.1) is 0 Å². The zero-order valence-corrected chi connectivity index (χ0v) is 12.5. The van der Waals surface area contributed by atoms with E-state index in [4.69, 9.17) is 16.7 Å². The zero-order chi connectivity index (χ0) is 13.7. The molecule has 0 aliphatic rings. The minimum atomic E-state index is 0.275. The Hall–Kier alpha value is -0.750. The molecular formula is C13H18ClN3OS. The Morgan fingerprint density at radius 1 is 1.32 bits per heavy atom. The molecule has 2 heterocycles. The third-order valence-electron chi connectivity index (χ3n) is 2.93. The summed E-state index contributed by atoms with van der Waals surface area (Å²) >= 11 is 7.73. The van der Waals surface area contributed by atoms with Gasteiger partial charge in [-0.05, 0) is 44.3 Å². The number of rotatable bonds is 7. The molecule has 6 heteroatoms. The van der Waals surface area contributed by atoms with E-state index in [1.807, 2.05) is 11.4 Å². The molecule has 0 amide bonds. The van der Waals surface area contributed by atoms with E-state index >= 15 is 0 Å². The summed E-state index contributed by atoms with van der Waals surface area (Å²) in [6.45, 7) is 1.95. The van der Waals surface area contributed by atoms with E-state index < -0.39 is 0 Å². The molecule has 0 saturated heterocycles. The van der Waals surface area contributed by atoms with Gasteiger partial charge in [0.15, 0.2) is 0 Å². The Morgan fingerprint density at radius 3 is 2.95 bits per heavy atom. The van der Waals surface area contributed by atoms with Gasteiger partial charge in [0.25, 0.3) is 0 Å². The van der Waals surface area contributed by atoms with Crippen LogP contribution < -0.4 is 0 Å². The summed E-state index contributed by atoms with van der Waals surface area (Å²) in [4.78, 5) is 12.0. The van der Waals surface area contributed by atoms with Crippen molar-refractivity contribution in [2.45, 2.75) is 25.8 Å². The van der Waals surface area contributed by atoms with Crippen LogP contribution in [0.3, 0.4) is 0 Å². The average molecular weight is 300 g/mol. The van der Waals surface area contributed by atoms with Crippen molar-refractivity contribution >= 4 is 33.2 Å². The molecule has 0 aromatic carbocycles. The summed E-state index contributed by atoms with van der Waals surface area (Å²) < 4.78 is 0. The molecule has 0 saturated carbocycles. The predicted molar refractivity (Wildman–Crippen MR) is 79.7 cm³/mol. The maximum atomic E-state index is 8.73. The molecule has 0 atom stereocenters. The summed E-state index contributed by atoms with van der Waals surface area (Å²) in [5.74, 6) is 0.768. The lowest BCUT2D eigenvalue weighted by atomic mass is 10.2. The van der Waals surface area contributed by atoms with Crippen molar-refractivity contribution in [1.29, 1.82) is 0 Å². The van der Waals surface area contributed by atoms with Gasteiger partial charge in [-0.2, -0.15) is 0 Å². The first kappa shape index (κ1) is 14.7. The van der Waals surface area contributed by atoms with Crippen LogP contribution in [0.15, 0.2) is 11.4 Å². The molecule has 2 aromatic rings. The molecule has 104 valence electrons. The third kappa shape index (κ3) is 4.11. The van der Waals surface area contributed by atoms with Gasteiger partial charge in [-0.25, -0.2) is 9.97 Å². The monoisotopic (exact) mass is 299 g/mol. The first-order chi connectivity index (χ1) is 9.20. The molecule has 2 aromatic heterocycles. The molecule has 4 nitrogen and oxygen atoms in total. The molecule has 0 aliphatic carbocycles. The second-order valence-corrected chi connectivity index (χ2v) is 5.84. The maximum absolute atomic E-state index is 8.73. The molecule has 1 N–H and O–H groups in total. The molecular weight excluding hydrogens is 282 g/mol. The van der Waals surface area contributed by atoms with Gasteiger partial charge in [0.1, 0.15) is 15.8 Å². The van der Waals surface area contributed by atoms with Crippen LogP contribution in [0.1, 0.15) is 25.1 Å². The summed E-state index contributed by atoms with van der Waals surface area (Å²) in [6, 6.07) is 1.95. The second-order valence-electron chi connectivity index (χ2n) is 4.59. The number of hydrogen-bond donors (Lipinski definition) is 1. The van der Waals surface area contributed by atoms with Crippen LogP contribution >= 0.6 is 22.9 Å². The number of hydrogen-bond acceptors (Lipinski definition) is 5. The van der Waals surface area contributed by atoms with E-state index in [-0.39, 0.29) is 6.61 Å². The second kappa shape index (κ2) is 7.14. The van der Waals surface area contributed by atoms with Crippen molar-refractivity contribution in [2.24, 2.45) is 0 Å². The minimum Gasteiger partial charge on any atom is -0.396 e. The van der Waals surface area contributed by atoms with Crippen LogP contribution in [0.25, 0.3) is 10.2 Å². The number of aromatic nitrogens is 2. The van der Waals surface area contributed by atoms with Crippen LogP contribution in [0.2, 0.25) is 5.15 Å². The van der Waals surface area contributed by atoms with E-state index in [0.29, 0.717) is 11.7 Å². The predicted octanol–water partition coefficient (Wildman–Crippen LogP) is 2.94. The molecule has 0 unspecified atom stereocenters. The fraction of sp³-hybridized carbons (Fsp3) is 0.538. The van der Waals surface area contributed by atoms with E-state index in [0.717, 1.165) is 41.8 Å². The Morgan fingerprint density at radius 2 is 2.16 bits per heavy atom. The maximum Gasteiger partial charge on any atom is 0.145 e. The van der Waals surface area contributed by atoms with Gasteiger partial charge in [0, 0.05) is 12.0 Å². The highest BCUT2D eigenvalue weighted by molar-refractivity contribution is 7.16. The van der Waals surface area contributed by atoms with E-state index in [1.54, 1.807) is 11.3 Å². The van der Waals surface area contributed by atoms with Crippen LogP contribution in [-0.2, 0) is 6.54 Å². The quantitative estimate of drug-likeness (QED) is 0.631. The fourth-order valence-electron chi connectivity index (χ4n) is 1.92. The normalized spacial score (nSPS) is 11.6. The van der Waals surface area contributed by atoms with Gasteiger partial charge in [-0.1, -0.05) is 11.6 Å². The largest absolute Gasteiger partial charge is 0.396 e. The van der Waals surface area contributed by atoms with Crippen molar-refractivity contribution in [1.82, 2.24) is 14.9 Å². The third-order valence-corrected chi connectivity index (χ3v) is 4.03. The minimum absolute atomic E-state index is 0.275. The molecule has 0 aliphatic heterocycles. The number of aliphatic hydroxyl groups excluding tert-OH is 1. The van der Waals surface area contributed by atoms with Gasteiger partial charge >= 0.3 is 0 Å². The molecule has 2 rings (SSSR count). The number of aliphatic hydroxyl groups is 1.